The SMILES string of the molecule is C=NN1CCCCC1=NCCC. The molecule has 0 aromatic carbocycles. The van der Waals surface area contributed by atoms with Gasteiger partial charge in [0.15, 0.2) is 0 Å². The fraction of sp³-hybridized carbons (Fsp3) is 0.778. The highest BCUT2D eigenvalue weighted by Gasteiger charge is 2.13. The molecule has 0 bridgehead atoms. The summed E-state index contributed by atoms with van der Waals surface area (Å²) in [6.45, 7) is 7.59. The predicted molar refractivity (Wildman–Crippen MR) is 52.7 cm³/mol. The van der Waals surface area contributed by atoms with E-state index in [9.17, 15) is 0 Å². The Kier molecular flexibility index (Phi) is 3.77. The van der Waals surface area contributed by atoms with Gasteiger partial charge in [-0.3, -0.25) is 10.0 Å². The molecule has 68 valence electrons. The highest BCUT2D eigenvalue weighted by atomic mass is 15.5. The maximum absolute atomic E-state index is 4.46. The molecule has 0 aromatic heterocycles. The van der Waals surface area contributed by atoms with Gasteiger partial charge in [0.2, 0.25) is 0 Å². The molecule has 0 spiro atoms. The van der Waals surface area contributed by atoms with Crippen molar-refractivity contribution in [2.45, 2.75) is 32.6 Å². The molecular formula is C9H17N3. The van der Waals surface area contributed by atoms with Crippen molar-refractivity contribution in [2.24, 2.45) is 10.1 Å². The topological polar surface area (TPSA) is 28.0 Å². The van der Waals surface area contributed by atoms with Crippen LogP contribution in [0.15, 0.2) is 10.1 Å². The zero-order valence-electron chi connectivity index (χ0n) is 7.79. The summed E-state index contributed by atoms with van der Waals surface area (Å²) in [4.78, 5) is 4.46. The first kappa shape index (κ1) is 9.23. The second kappa shape index (κ2) is 4.91. The van der Waals surface area contributed by atoms with Crippen molar-refractivity contribution in [1.82, 2.24) is 5.01 Å². The summed E-state index contributed by atoms with van der Waals surface area (Å²) in [6, 6.07) is 0. The molecule has 1 rings (SSSR count). The molecule has 1 saturated heterocycles. The van der Waals surface area contributed by atoms with Crippen LogP contribution >= 0.6 is 0 Å². The molecule has 1 fully saturated rings. The van der Waals surface area contributed by atoms with Gasteiger partial charge in [0.25, 0.3) is 0 Å². The van der Waals surface area contributed by atoms with E-state index in [1.54, 1.807) is 0 Å². The van der Waals surface area contributed by atoms with Gasteiger partial charge in [-0.05, 0) is 19.3 Å². The summed E-state index contributed by atoms with van der Waals surface area (Å²) in [5.41, 5.74) is 0. The van der Waals surface area contributed by atoms with E-state index in [1.165, 1.54) is 12.8 Å². The average Bonchev–Trinajstić information content (AvgIpc) is 2.15. The minimum absolute atomic E-state index is 0.918. The van der Waals surface area contributed by atoms with Crippen molar-refractivity contribution >= 4 is 12.6 Å². The number of nitrogens with zero attached hydrogens (tertiary/aromatic N) is 3. The molecule has 3 nitrogen and oxygen atoms in total. The van der Waals surface area contributed by atoms with Gasteiger partial charge in [-0.2, -0.15) is 5.10 Å². The maximum Gasteiger partial charge on any atom is 0.119 e. The molecule has 0 aliphatic carbocycles. The third kappa shape index (κ3) is 2.32. The van der Waals surface area contributed by atoms with Crippen LogP contribution in [0.3, 0.4) is 0 Å². The summed E-state index contributed by atoms with van der Waals surface area (Å²) < 4.78 is 0. The van der Waals surface area contributed by atoms with E-state index in [2.05, 4.69) is 23.7 Å². The third-order valence-corrected chi connectivity index (χ3v) is 2.01. The van der Waals surface area contributed by atoms with E-state index in [0.717, 1.165) is 31.8 Å². The average molecular weight is 167 g/mol. The van der Waals surface area contributed by atoms with Crippen LogP contribution in [-0.2, 0) is 0 Å². The van der Waals surface area contributed by atoms with Gasteiger partial charge in [0, 0.05) is 26.2 Å². The van der Waals surface area contributed by atoms with Gasteiger partial charge < -0.3 is 0 Å². The molecule has 0 amide bonds. The Morgan fingerprint density at radius 3 is 3.00 bits per heavy atom. The Morgan fingerprint density at radius 1 is 1.50 bits per heavy atom. The van der Waals surface area contributed by atoms with Gasteiger partial charge in [-0.1, -0.05) is 6.92 Å². The molecule has 1 aliphatic heterocycles. The fourth-order valence-electron chi connectivity index (χ4n) is 1.36. The van der Waals surface area contributed by atoms with Crippen LogP contribution in [0.5, 0.6) is 0 Å². The number of aliphatic imine (C=N–C) groups is 1. The third-order valence-electron chi connectivity index (χ3n) is 2.01. The Balaban J connectivity index is 2.51. The smallest absolute Gasteiger partial charge is 0.119 e. The lowest BCUT2D eigenvalue weighted by atomic mass is 10.1. The Labute approximate surface area is 74.2 Å². The molecule has 0 N–H and O–H groups in total. The summed E-state index contributed by atoms with van der Waals surface area (Å²) in [7, 11) is 0. The van der Waals surface area contributed by atoms with Crippen LogP contribution in [0.4, 0.5) is 0 Å². The van der Waals surface area contributed by atoms with E-state index < -0.39 is 0 Å². The molecule has 0 atom stereocenters. The largest absolute Gasteiger partial charge is 0.271 e. The number of piperidine rings is 1. The highest BCUT2D eigenvalue weighted by molar-refractivity contribution is 5.82. The van der Waals surface area contributed by atoms with Crippen LogP contribution in [0.1, 0.15) is 32.6 Å². The van der Waals surface area contributed by atoms with Crippen LogP contribution in [0, 0.1) is 0 Å². The van der Waals surface area contributed by atoms with Gasteiger partial charge in [-0.25, -0.2) is 0 Å². The van der Waals surface area contributed by atoms with Crippen molar-refractivity contribution in [3.05, 3.63) is 0 Å². The van der Waals surface area contributed by atoms with Gasteiger partial charge in [-0.15, -0.1) is 0 Å². The monoisotopic (exact) mass is 167 g/mol. The molecule has 1 heterocycles. The zero-order chi connectivity index (χ0) is 8.81. The number of hydrogen-bond donors (Lipinski definition) is 0. The molecule has 0 saturated carbocycles. The van der Waals surface area contributed by atoms with E-state index in [1.807, 2.05) is 5.01 Å². The first-order valence-electron chi connectivity index (χ1n) is 4.66. The van der Waals surface area contributed by atoms with Crippen LogP contribution < -0.4 is 0 Å². The zero-order valence-corrected chi connectivity index (χ0v) is 7.79. The first-order valence-corrected chi connectivity index (χ1v) is 4.66. The van der Waals surface area contributed by atoms with Gasteiger partial charge in [0.1, 0.15) is 5.84 Å². The first-order chi connectivity index (χ1) is 5.88. The number of amidine groups is 1. The van der Waals surface area contributed by atoms with Gasteiger partial charge in [0.05, 0.1) is 0 Å². The normalized spacial score (nSPS) is 21.4. The lowest BCUT2D eigenvalue weighted by Gasteiger charge is -2.24. The molecule has 0 aromatic rings. The Bertz CT molecular complexity index is 175. The Morgan fingerprint density at radius 2 is 2.33 bits per heavy atom. The Hall–Kier alpha value is -0.860. The predicted octanol–water partition coefficient (Wildman–Crippen LogP) is 1.90. The number of hydrazone groups is 1. The lowest BCUT2D eigenvalue weighted by molar-refractivity contribution is 0.389. The standard InChI is InChI=1S/C9H17N3/c1-3-7-11-9-6-4-5-8-12(9)10-2/h2-8H2,1H3. The maximum atomic E-state index is 4.46. The number of hydrogen-bond acceptors (Lipinski definition) is 2. The van der Waals surface area contributed by atoms with Crippen LogP contribution in [-0.4, -0.2) is 30.7 Å². The minimum Gasteiger partial charge on any atom is -0.271 e. The van der Waals surface area contributed by atoms with E-state index >= 15 is 0 Å². The van der Waals surface area contributed by atoms with Crippen molar-refractivity contribution in [3.8, 4) is 0 Å². The van der Waals surface area contributed by atoms with Gasteiger partial charge >= 0.3 is 0 Å². The van der Waals surface area contributed by atoms with Crippen molar-refractivity contribution in [2.75, 3.05) is 13.1 Å². The van der Waals surface area contributed by atoms with Crippen LogP contribution in [0.25, 0.3) is 0 Å². The minimum atomic E-state index is 0.918. The molecule has 1 aliphatic rings. The van der Waals surface area contributed by atoms with Crippen molar-refractivity contribution < 1.29 is 0 Å². The molecule has 12 heavy (non-hydrogen) atoms. The quantitative estimate of drug-likeness (QED) is 0.590. The molecule has 0 radical (unpaired) electrons. The fourth-order valence-corrected chi connectivity index (χ4v) is 1.36. The van der Waals surface area contributed by atoms with Crippen LogP contribution in [0.2, 0.25) is 0 Å². The summed E-state index contributed by atoms with van der Waals surface area (Å²) in [5.74, 6) is 1.12. The molecule has 3 heteroatoms. The number of rotatable bonds is 3. The van der Waals surface area contributed by atoms with E-state index in [-0.39, 0.29) is 0 Å². The molecule has 0 unspecified atom stereocenters. The summed E-state index contributed by atoms with van der Waals surface area (Å²) in [6.07, 6.45) is 4.63. The highest BCUT2D eigenvalue weighted by Crippen LogP contribution is 2.11. The molecular weight excluding hydrogens is 150 g/mol. The second-order valence-corrected chi connectivity index (χ2v) is 3.02. The van der Waals surface area contributed by atoms with E-state index in [4.69, 9.17) is 0 Å². The van der Waals surface area contributed by atoms with Crippen molar-refractivity contribution in [1.29, 1.82) is 0 Å². The van der Waals surface area contributed by atoms with E-state index in [0.29, 0.717) is 0 Å². The lowest BCUT2D eigenvalue weighted by Crippen LogP contribution is -2.30. The summed E-state index contributed by atoms with van der Waals surface area (Å²) in [5, 5.41) is 5.86. The summed E-state index contributed by atoms with van der Waals surface area (Å²) >= 11 is 0. The van der Waals surface area contributed by atoms with Crippen molar-refractivity contribution in [3.63, 3.8) is 0 Å². The second-order valence-electron chi connectivity index (χ2n) is 3.02.